The number of aromatic carboxylic acids is 2. The lowest BCUT2D eigenvalue weighted by molar-refractivity contribution is -0.259. The van der Waals surface area contributed by atoms with Gasteiger partial charge in [0.25, 0.3) is 5.91 Å². The molecular formula is C28H24F3NO7. The molecule has 0 saturated carbocycles. The summed E-state index contributed by atoms with van der Waals surface area (Å²) in [5.41, 5.74) is -4.02. The molecule has 0 fully saturated rings. The Kier molecular flexibility index (Phi) is 7.97. The van der Waals surface area contributed by atoms with Crippen LogP contribution in [-0.2, 0) is 12.0 Å². The van der Waals surface area contributed by atoms with Crippen molar-refractivity contribution >= 4 is 29.3 Å². The minimum atomic E-state index is -5.00. The molecular weight excluding hydrogens is 519 g/mol. The minimum absolute atomic E-state index is 0.0893. The summed E-state index contributed by atoms with van der Waals surface area (Å²) < 4.78 is 40.6. The standard InChI is InChI=1S/C28H24F3NO7/c1-4-15-5-8-18(13-23(15)27(3,39)28(29,30)31)32-24(34)22-12-17(7-10-20(22)26(37)38)16-6-9-19(25(35)36)21(11-16)14(2)33/h5-13,39H,4H2,1-3H3,(H,32,34)(H,35,36)(H,37,38). The molecule has 8 nitrogen and oxygen atoms in total. The van der Waals surface area contributed by atoms with E-state index in [2.05, 4.69) is 5.32 Å². The molecule has 1 amide bonds. The summed E-state index contributed by atoms with van der Waals surface area (Å²) >= 11 is 0. The van der Waals surface area contributed by atoms with E-state index >= 15 is 0 Å². The van der Waals surface area contributed by atoms with E-state index < -0.39 is 46.5 Å². The number of nitrogens with one attached hydrogen (secondary N) is 1. The van der Waals surface area contributed by atoms with Gasteiger partial charge in [-0.1, -0.05) is 25.1 Å². The Morgan fingerprint density at radius 3 is 1.77 bits per heavy atom. The second kappa shape index (κ2) is 10.7. The summed E-state index contributed by atoms with van der Waals surface area (Å²) in [6.07, 6.45) is -4.83. The number of alkyl halides is 3. The second-order valence-corrected chi connectivity index (χ2v) is 8.94. The number of aryl methyl sites for hydroxylation is 1. The Morgan fingerprint density at radius 2 is 1.31 bits per heavy atom. The molecule has 1 unspecified atom stereocenters. The predicted molar refractivity (Wildman–Crippen MR) is 135 cm³/mol. The lowest BCUT2D eigenvalue weighted by Crippen LogP contribution is -2.40. The van der Waals surface area contributed by atoms with Gasteiger partial charge >= 0.3 is 18.1 Å². The fourth-order valence-corrected chi connectivity index (χ4v) is 4.07. The van der Waals surface area contributed by atoms with Crippen molar-refractivity contribution in [2.75, 3.05) is 5.32 Å². The van der Waals surface area contributed by atoms with Crippen molar-refractivity contribution in [3.8, 4) is 11.1 Å². The van der Waals surface area contributed by atoms with Gasteiger partial charge in [0.2, 0.25) is 0 Å². The number of anilines is 1. The van der Waals surface area contributed by atoms with Crippen LogP contribution in [0.5, 0.6) is 0 Å². The molecule has 204 valence electrons. The summed E-state index contributed by atoms with van der Waals surface area (Å²) in [5.74, 6) is -4.23. The third-order valence-electron chi connectivity index (χ3n) is 6.28. The van der Waals surface area contributed by atoms with Crippen molar-refractivity contribution in [2.45, 2.75) is 39.0 Å². The van der Waals surface area contributed by atoms with Crippen molar-refractivity contribution in [2.24, 2.45) is 0 Å². The van der Waals surface area contributed by atoms with Crippen LogP contribution in [0.1, 0.15) is 73.3 Å². The number of rotatable bonds is 8. The van der Waals surface area contributed by atoms with Crippen molar-refractivity contribution in [1.82, 2.24) is 0 Å². The maximum absolute atomic E-state index is 13.5. The van der Waals surface area contributed by atoms with Crippen LogP contribution in [0.3, 0.4) is 0 Å². The number of carbonyl (C=O) groups excluding carboxylic acids is 2. The Balaban J connectivity index is 2.08. The number of ketones is 1. The van der Waals surface area contributed by atoms with Gasteiger partial charge in [-0.3, -0.25) is 9.59 Å². The molecule has 39 heavy (non-hydrogen) atoms. The van der Waals surface area contributed by atoms with Crippen LogP contribution in [0.4, 0.5) is 18.9 Å². The second-order valence-electron chi connectivity index (χ2n) is 8.94. The van der Waals surface area contributed by atoms with Crippen molar-refractivity contribution in [3.63, 3.8) is 0 Å². The van der Waals surface area contributed by atoms with Gasteiger partial charge in [-0.25, -0.2) is 9.59 Å². The van der Waals surface area contributed by atoms with E-state index in [4.69, 9.17) is 0 Å². The van der Waals surface area contributed by atoms with Gasteiger partial charge in [-0.05, 0) is 78.9 Å². The molecule has 0 radical (unpaired) electrons. The first-order valence-corrected chi connectivity index (χ1v) is 11.6. The van der Waals surface area contributed by atoms with Crippen molar-refractivity contribution in [1.29, 1.82) is 0 Å². The van der Waals surface area contributed by atoms with E-state index in [1.807, 2.05) is 0 Å². The van der Waals surface area contributed by atoms with Crippen molar-refractivity contribution in [3.05, 3.63) is 88.0 Å². The molecule has 0 aliphatic carbocycles. The zero-order valence-corrected chi connectivity index (χ0v) is 21.0. The van der Waals surface area contributed by atoms with Crippen LogP contribution >= 0.6 is 0 Å². The van der Waals surface area contributed by atoms with Gasteiger partial charge < -0.3 is 20.6 Å². The predicted octanol–water partition coefficient (Wildman–Crippen LogP) is 5.54. The monoisotopic (exact) mass is 543 g/mol. The number of carboxylic acid groups (broad SMARTS) is 2. The molecule has 11 heteroatoms. The molecule has 1 atom stereocenters. The maximum atomic E-state index is 13.5. The van der Waals surface area contributed by atoms with Crippen LogP contribution in [0.15, 0.2) is 54.6 Å². The van der Waals surface area contributed by atoms with E-state index in [9.17, 15) is 47.7 Å². The van der Waals surface area contributed by atoms with E-state index in [0.29, 0.717) is 12.5 Å². The number of halogens is 3. The number of Topliss-reactive ketones (excluding diaryl/α,β-unsaturated/α-hetero) is 1. The summed E-state index contributed by atoms with van der Waals surface area (Å²) in [6.45, 7) is 3.39. The highest BCUT2D eigenvalue weighted by Gasteiger charge is 2.52. The fourth-order valence-electron chi connectivity index (χ4n) is 4.07. The van der Waals surface area contributed by atoms with Gasteiger partial charge in [-0.15, -0.1) is 0 Å². The first kappa shape index (κ1) is 29.1. The fraction of sp³-hybridized carbons (Fsp3) is 0.214. The number of hydrogen-bond donors (Lipinski definition) is 4. The molecule has 0 aromatic heterocycles. The number of benzene rings is 3. The lowest BCUT2D eigenvalue weighted by atomic mass is 9.89. The minimum Gasteiger partial charge on any atom is -0.478 e. The van der Waals surface area contributed by atoms with Crippen molar-refractivity contribution < 1.29 is 47.7 Å². The topological polar surface area (TPSA) is 141 Å². The number of amides is 1. The van der Waals surface area contributed by atoms with Crippen LogP contribution in [0, 0.1) is 0 Å². The Bertz CT molecular complexity index is 1490. The normalized spacial score (nSPS) is 12.9. The molecule has 3 aromatic rings. The largest absolute Gasteiger partial charge is 0.478 e. The molecule has 0 spiro atoms. The highest BCUT2D eigenvalue weighted by molar-refractivity contribution is 6.11. The summed E-state index contributed by atoms with van der Waals surface area (Å²) in [7, 11) is 0. The maximum Gasteiger partial charge on any atom is 0.421 e. The summed E-state index contributed by atoms with van der Waals surface area (Å²) in [5, 5.41) is 31.6. The molecule has 3 aromatic carbocycles. The SMILES string of the molecule is CCc1ccc(NC(=O)c2cc(-c3ccc(C(=O)O)c(C(C)=O)c3)ccc2C(=O)O)cc1C(C)(O)C(F)(F)F. The van der Waals surface area contributed by atoms with Gasteiger partial charge in [0, 0.05) is 11.3 Å². The first-order chi connectivity index (χ1) is 18.1. The van der Waals surface area contributed by atoms with Gasteiger partial charge in [0.05, 0.1) is 16.7 Å². The molecule has 0 saturated heterocycles. The first-order valence-electron chi connectivity index (χ1n) is 11.6. The number of hydrogen-bond acceptors (Lipinski definition) is 5. The summed E-state index contributed by atoms with van der Waals surface area (Å²) in [6, 6.07) is 11.3. The van der Waals surface area contributed by atoms with E-state index in [-0.39, 0.29) is 39.9 Å². The van der Waals surface area contributed by atoms with Gasteiger partial charge in [0.1, 0.15) is 0 Å². The van der Waals surface area contributed by atoms with E-state index in [1.165, 1.54) is 49.4 Å². The molecule has 0 aliphatic rings. The van der Waals surface area contributed by atoms with E-state index in [1.54, 1.807) is 6.92 Å². The summed E-state index contributed by atoms with van der Waals surface area (Å²) in [4.78, 5) is 48.4. The van der Waals surface area contributed by atoms with Gasteiger partial charge in [0.15, 0.2) is 11.4 Å². The van der Waals surface area contributed by atoms with Crippen LogP contribution in [0.2, 0.25) is 0 Å². The molecule has 4 N–H and O–H groups in total. The van der Waals surface area contributed by atoms with Crippen LogP contribution < -0.4 is 5.32 Å². The highest BCUT2D eigenvalue weighted by atomic mass is 19.4. The number of carbonyl (C=O) groups is 4. The lowest BCUT2D eigenvalue weighted by Gasteiger charge is -2.29. The number of carboxylic acids is 2. The molecule has 0 bridgehead atoms. The average molecular weight is 543 g/mol. The average Bonchev–Trinajstić information content (AvgIpc) is 2.87. The van der Waals surface area contributed by atoms with Crippen LogP contribution in [0.25, 0.3) is 11.1 Å². The quantitative estimate of drug-likeness (QED) is 0.274. The highest BCUT2D eigenvalue weighted by Crippen LogP contribution is 2.41. The smallest absolute Gasteiger partial charge is 0.421 e. The molecule has 0 aliphatic heterocycles. The third kappa shape index (κ3) is 5.83. The molecule has 0 heterocycles. The van der Waals surface area contributed by atoms with E-state index in [0.717, 1.165) is 12.1 Å². The zero-order chi connectivity index (χ0) is 29.3. The third-order valence-corrected chi connectivity index (χ3v) is 6.28. The number of aliphatic hydroxyl groups is 1. The Labute approximate surface area is 220 Å². The van der Waals surface area contributed by atoms with Gasteiger partial charge in [-0.2, -0.15) is 13.2 Å². The van der Waals surface area contributed by atoms with Crippen LogP contribution in [-0.4, -0.2) is 45.1 Å². The molecule has 3 rings (SSSR count). The Morgan fingerprint density at radius 1 is 0.795 bits per heavy atom. The Hall–Kier alpha value is -4.51. The zero-order valence-electron chi connectivity index (χ0n) is 21.0.